The van der Waals surface area contributed by atoms with Gasteiger partial charge in [0.05, 0.1) is 11.9 Å². The zero-order valence-electron chi connectivity index (χ0n) is 24.9. The molecule has 0 aromatic heterocycles. The molecular formula is C30H46N2O8S. The first-order chi connectivity index (χ1) is 19.0. The SMILES string of the molecule is CC(C)(C)OC(=O)NC(CSCC(=O)[C@@]1(O)CCC2C3CCC4=CC(=O)C=CC4(C)C3C(O)CC21C)C(N)=O.CO. The molecule has 8 atom stereocenters. The second-order valence-corrected chi connectivity index (χ2v) is 14.2. The van der Waals surface area contributed by atoms with E-state index in [1.165, 1.54) is 0 Å². The number of thioether (sulfide) groups is 1. The van der Waals surface area contributed by atoms with Crippen molar-refractivity contribution >= 4 is 35.3 Å². The molecule has 10 nitrogen and oxygen atoms in total. The molecule has 4 aliphatic carbocycles. The second-order valence-electron chi connectivity index (χ2n) is 13.2. The summed E-state index contributed by atoms with van der Waals surface area (Å²) in [5.74, 6) is -1.01. The van der Waals surface area contributed by atoms with Gasteiger partial charge in [-0.05, 0) is 76.9 Å². The van der Waals surface area contributed by atoms with Crippen molar-refractivity contribution in [2.45, 2.75) is 90.1 Å². The molecule has 4 rings (SSSR count). The van der Waals surface area contributed by atoms with Gasteiger partial charge < -0.3 is 31.1 Å². The lowest BCUT2D eigenvalue weighted by Gasteiger charge is -2.59. The third kappa shape index (κ3) is 6.28. The van der Waals surface area contributed by atoms with Gasteiger partial charge in [0.1, 0.15) is 17.2 Å². The smallest absolute Gasteiger partial charge is 0.408 e. The van der Waals surface area contributed by atoms with Crippen LogP contribution in [0.5, 0.6) is 0 Å². The third-order valence-electron chi connectivity index (χ3n) is 9.66. The van der Waals surface area contributed by atoms with Crippen LogP contribution in [0.15, 0.2) is 23.8 Å². The summed E-state index contributed by atoms with van der Waals surface area (Å²) in [4.78, 5) is 49.6. The average molecular weight is 595 g/mol. The van der Waals surface area contributed by atoms with Crippen LogP contribution in [0.1, 0.15) is 66.7 Å². The van der Waals surface area contributed by atoms with Gasteiger partial charge in [0.25, 0.3) is 0 Å². The van der Waals surface area contributed by atoms with Gasteiger partial charge in [-0.15, -0.1) is 0 Å². The van der Waals surface area contributed by atoms with Gasteiger partial charge in [0.2, 0.25) is 5.91 Å². The summed E-state index contributed by atoms with van der Waals surface area (Å²) in [5, 5.41) is 32.8. The highest BCUT2D eigenvalue weighted by Crippen LogP contribution is 2.67. The lowest BCUT2D eigenvalue weighted by molar-refractivity contribution is -0.174. The maximum Gasteiger partial charge on any atom is 0.408 e. The second kappa shape index (κ2) is 12.2. The van der Waals surface area contributed by atoms with Gasteiger partial charge in [0, 0.05) is 29.6 Å². The summed E-state index contributed by atoms with van der Waals surface area (Å²) in [6.07, 6.45) is 6.59. The highest BCUT2D eigenvalue weighted by Gasteiger charge is 2.67. The number of aliphatic hydroxyl groups excluding tert-OH is 2. The Kier molecular flexibility index (Phi) is 9.89. The quantitative estimate of drug-likeness (QED) is 0.296. The number of alkyl carbamates (subject to hydrolysis) is 1. The number of primary amides is 1. The van der Waals surface area contributed by atoms with E-state index in [9.17, 15) is 29.4 Å². The first-order valence-corrected chi connectivity index (χ1v) is 15.4. The van der Waals surface area contributed by atoms with Crippen LogP contribution >= 0.6 is 11.8 Å². The van der Waals surface area contributed by atoms with Crippen LogP contribution in [-0.2, 0) is 19.1 Å². The summed E-state index contributed by atoms with van der Waals surface area (Å²) in [6.45, 7) is 9.13. The van der Waals surface area contributed by atoms with E-state index < -0.39 is 46.2 Å². The highest BCUT2D eigenvalue weighted by molar-refractivity contribution is 8.00. The van der Waals surface area contributed by atoms with Crippen molar-refractivity contribution in [1.82, 2.24) is 5.32 Å². The van der Waals surface area contributed by atoms with Crippen molar-refractivity contribution in [3.8, 4) is 0 Å². The van der Waals surface area contributed by atoms with Crippen LogP contribution in [-0.4, -0.2) is 80.8 Å². The minimum Gasteiger partial charge on any atom is -0.444 e. The third-order valence-corrected chi connectivity index (χ3v) is 10.7. The van der Waals surface area contributed by atoms with Crippen molar-refractivity contribution in [3.05, 3.63) is 23.8 Å². The fourth-order valence-corrected chi connectivity index (χ4v) is 8.85. The molecule has 41 heavy (non-hydrogen) atoms. The standard InChI is InChI=1S/C29H42N2O7S.CH4O/c1-26(2,3)38-25(36)31-20(24(30)35)14-39-15-22(34)29(37)11-9-19-18-7-6-16-12-17(32)8-10-27(16,4)23(18)21(33)13-28(19,29)5;1-2/h8,10,12,18-21,23,33,37H,6-7,9,11,13-15H2,1-5H3,(H2,30,35)(H,31,36);2H,1H3/t18?,19?,20?,21?,23?,27?,28?,29-;/m0./s1. The Morgan fingerprint density at radius 2 is 1.88 bits per heavy atom. The normalized spacial score (nSPS) is 36.4. The van der Waals surface area contributed by atoms with E-state index >= 15 is 0 Å². The first-order valence-electron chi connectivity index (χ1n) is 14.2. The number of hydrogen-bond donors (Lipinski definition) is 5. The number of hydrogen-bond acceptors (Lipinski definition) is 9. The summed E-state index contributed by atoms with van der Waals surface area (Å²) in [6, 6.07) is -1.03. The largest absolute Gasteiger partial charge is 0.444 e. The summed E-state index contributed by atoms with van der Waals surface area (Å²) in [7, 11) is 1.00. The molecule has 0 heterocycles. The number of ketones is 2. The lowest BCUT2D eigenvalue weighted by atomic mass is 9.46. The summed E-state index contributed by atoms with van der Waals surface area (Å²) >= 11 is 1.13. The Labute approximate surface area is 246 Å². The molecule has 0 bridgehead atoms. The van der Waals surface area contributed by atoms with Gasteiger partial charge in [0.15, 0.2) is 11.6 Å². The number of carbonyl (C=O) groups is 4. The molecule has 3 fully saturated rings. The Morgan fingerprint density at radius 3 is 2.49 bits per heavy atom. The number of allylic oxidation sites excluding steroid dienone is 4. The molecule has 3 saturated carbocycles. The number of rotatable bonds is 7. The number of aliphatic hydroxyl groups is 3. The Balaban J connectivity index is 0.00000226. The number of carbonyl (C=O) groups excluding carboxylic acids is 4. The number of amides is 2. The van der Waals surface area contributed by atoms with Crippen LogP contribution in [0.3, 0.4) is 0 Å². The minimum absolute atomic E-state index is 0.0192. The fraction of sp³-hybridized carbons (Fsp3) is 0.733. The zero-order valence-corrected chi connectivity index (χ0v) is 25.8. The molecule has 7 unspecified atom stereocenters. The van der Waals surface area contributed by atoms with Crippen molar-refractivity contribution < 1.29 is 39.2 Å². The average Bonchev–Trinajstić information content (AvgIpc) is 3.14. The van der Waals surface area contributed by atoms with E-state index in [0.717, 1.165) is 37.3 Å². The van der Waals surface area contributed by atoms with Gasteiger partial charge in [-0.25, -0.2) is 4.79 Å². The van der Waals surface area contributed by atoms with E-state index in [0.29, 0.717) is 19.3 Å². The summed E-state index contributed by atoms with van der Waals surface area (Å²) < 4.78 is 5.19. The minimum atomic E-state index is -1.60. The molecular weight excluding hydrogens is 548 g/mol. The number of Topliss-reactive ketones (excluding diaryl/α,β-unsaturated/α-hetero) is 1. The molecule has 0 aliphatic heterocycles. The number of fused-ring (bicyclic) bond motifs is 5. The molecule has 0 spiro atoms. The van der Waals surface area contributed by atoms with Crippen molar-refractivity contribution in [2.75, 3.05) is 18.6 Å². The Hall–Kier alpha value is -2.21. The Morgan fingerprint density at radius 1 is 1.22 bits per heavy atom. The highest BCUT2D eigenvalue weighted by atomic mass is 32.2. The maximum atomic E-state index is 13.5. The molecule has 0 radical (unpaired) electrons. The van der Waals surface area contributed by atoms with Gasteiger partial charge >= 0.3 is 6.09 Å². The van der Waals surface area contributed by atoms with Crippen molar-refractivity contribution in [2.24, 2.45) is 34.3 Å². The van der Waals surface area contributed by atoms with E-state index in [2.05, 4.69) is 12.2 Å². The lowest BCUT2D eigenvalue weighted by Crippen LogP contribution is -2.61. The monoisotopic (exact) mass is 594 g/mol. The van der Waals surface area contributed by atoms with Gasteiger partial charge in [-0.1, -0.05) is 25.5 Å². The first kappa shape index (κ1) is 33.3. The molecule has 0 aromatic rings. The van der Waals surface area contributed by atoms with Crippen LogP contribution in [0, 0.1) is 28.6 Å². The Bertz CT molecular complexity index is 1120. The predicted octanol–water partition coefficient (Wildman–Crippen LogP) is 2.29. The number of ether oxygens (including phenoxy) is 1. The summed E-state index contributed by atoms with van der Waals surface area (Å²) in [5.41, 5.74) is 2.96. The molecule has 0 aromatic carbocycles. The molecule has 4 aliphatic rings. The molecule has 0 saturated heterocycles. The molecule has 2 amide bonds. The predicted molar refractivity (Wildman–Crippen MR) is 156 cm³/mol. The van der Waals surface area contributed by atoms with E-state index in [4.69, 9.17) is 15.6 Å². The van der Waals surface area contributed by atoms with Crippen molar-refractivity contribution in [3.63, 3.8) is 0 Å². The van der Waals surface area contributed by atoms with Crippen molar-refractivity contribution in [1.29, 1.82) is 0 Å². The molecule has 11 heteroatoms. The van der Waals surface area contributed by atoms with Crippen LogP contribution in [0.25, 0.3) is 0 Å². The van der Waals surface area contributed by atoms with Crippen LogP contribution < -0.4 is 11.1 Å². The number of nitrogens with one attached hydrogen (secondary N) is 1. The topological polar surface area (TPSA) is 176 Å². The van der Waals surface area contributed by atoms with E-state index in [1.54, 1.807) is 32.9 Å². The molecule has 230 valence electrons. The van der Waals surface area contributed by atoms with Crippen LogP contribution in [0.2, 0.25) is 0 Å². The fourth-order valence-electron chi connectivity index (χ4n) is 7.82. The molecule has 6 N–H and O–H groups in total. The van der Waals surface area contributed by atoms with Gasteiger partial charge in [-0.3, -0.25) is 14.4 Å². The zero-order chi connectivity index (χ0) is 31.0. The number of nitrogens with two attached hydrogens (primary N) is 1. The maximum absolute atomic E-state index is 13.5. The van der Waals surface area contributed by atoms with E-state index in [-0.39, 0.29) is 40.8 Å². The van der Waals surface area contributed by atoms with Gasteiger partial charge in [-0.2, -0.15) is 11.8 Å². The van der Waals surface area contributed by atoms with E-state index in [1.807, 2.05) is 13.0 Å². The van der Waals surface area contributed by atoms with Crippen LogP contribution in [0.4, 0.5) is 4.79 Å².